The molecule has 5 rings (SSSR count). The summed E-state index contributed by atoms with van der Waals surface area (Å²) >= 11 is 0. The van der Waals surface area contributed by atoms with E-state index >= 15 is 0 Å². The van der Waals surface area contributed by atoms with Crippen LogP contribution in [0.2, 0.25) is 0 Å². The maximum atomic E-state index is 5.81. The van der Waals surface area contributed by atoms with Crippen LogP contribution in [0, 0.1) is 0 Å². The number of hydrogen-bond donors (Lipinski definition) is 0. The van der Waals surface area contributed by atoms with Crippen molar-refractivity contribution in [2.24, 2.45) is 0 Å². The molecule has 3 heterocycles. The Morgan fingerprint density at radius 2 is 1.52 bits per heavy atom. The van der Waals surface area contributed by atoms with Crippen molar-refractivity contribution in [3.05, 3.63) is 79.1 Å². The summed E-state index contributed by atoms with van der Waals surface area (Å²) in [4.78, 5) is 11.2. The van der Waals surface area contributed by atoms with Crippen molar-refractivity contribution in [1.82, 2.24) is 25.1 Å². The van der Waals surface area contributed by atoms with Crippen molar-refractivity contribution in [1.29, 1.82) is 0 Å². The van der Waals surface area contributed by atoms with Crippen LogP contribution in [-0.2, 0) is 4.74 Å². The highest BCUT2D eigenvalue weighted by Gasteiger charge is 2.15. The summed E-state index contributed by atoms with van der Waals surface area (Å²) in [5, 5.41) is 8.27. The minimum Gasteiger partial charge on any atom is -0.415 e. The Hall–Kier alpha value is -3.84. The van der Waals surface area contributed by atoms with Gasteiger partial charge in [0.05, 0.1) is 31.3 Å². The molecule has 7 heteroatoms. The van der Waals surface area contributed by atoms with Gasteiger partial charge in [-0.2, -0.15) is 0 Å². The smallest absolute Gasteiger partial charge is 0.268 e. The molecule has 1 aliphatic rings. The molecule has 0 unspecified atom stereocenters. The molecule has 0 spiro atoms. The van der Waals surface area contributed by atoms with Crippen LogP contribution in [0.5, 0.6) is 0 Å². The molecule has 0 bridgehead atoms. The monoisotopic (exact) mass is 411 g/mol. The molecule has 0 radical (unpaired) electrons. The van der Waals surface area contributed by atoms with Crippen LogP contribution in [0.4, 0.5) is 0 Å². The molecular formula is C24H21N5O2. The Labute approximate surface area is 180 Å². The van der Waals surface area contributed by atoms with Crippen LogP contribution >= 0.6 is 0 Å². The van der Waals surface area contributed by atoms with E-state index in [1.165, 1.54) is 0 Å². The van der Waals surface area contributed by atoms with Crippen molar-refractivity contribution in [3.63, 3.8) is 0 Å². The molecule has 0 aliphatic carbocycles. The van der Waals surface area contributed by atoms with Gasteiger partial charge in [-0.05, 0) is 17.7 Å². The van der Waals surface area contributed by atoms with Gasteiger partial charge in [-0.25, -0.2) is 4.98 Å². The Kier molecular flexibility index (Phi) is 5.24. The third-order valence-electron chi connectivity index (χ3n) is 5.21. The van der Waals surface area contributed by atoms with Crippen molar-refractivity contribution in [2.45, 2.75) is 0 Å². The fraction of sp³-hybridized carbons (Fsp3) is 0.167. The van der Waals surface area contributed by atoms with Crippen molar-refractivity contribution >= 4 is 5.70 Å². The Balaban J connectivity index is 1.37. The van der Waals surface area contributed by atoms with Crippen LogP contribution in [0.1, 0.15) is 5.56 Å². The minimum atomic E-state index is 0.338. The normalized spacial score (nSPS) is 13.9. The summed E-state index contributed by atoms with van der Waals surface area (Å²) in [6.07, 6.45) is 3.35. The predicted octanol–water partition coefficient (Wildman–Crippen LogP) is 4.16. The summed E-state index contributed by atoms with van der Waals surface area (Å²) in [6.45, 7) is 7.45. The van der Waals surface area contributed by atoms with Gasteiger partial charge in [-0.1, -0.05) is 49.0 Å². The zero-order chi connectivity index (χ0) is 21.0. The van der Waals surface area contributed by atoms with Crippen LogP contribution < -0.4 is 0 Å². The van der Waals surface area contributed by atoms with Crippen LogP contribution in [0.15, 0.2) is 78.0 Å². The first kappa shape index (κ1) is 19.1. The van der Waals surface area contributed by atoms with Crippen molar-refractivity contribution in [3.8, 4) is 34.3 Å². The molecule has 31 heavy (non-hydrogen) atoms. The lowest BCUT2D eigenvalue weighted by Gasteiger charge is -2.30. The Morgan fingerprint density at radius 1 is 0.806 bits per heavy atom. The third-order valence-corrected chi connectivity index (χ3v) is 5.21. The fourth-order valence-corrected chi connectivity index (χ4v) is 3.48. The van der Waals surface area contributed by atoms with Crippen LogP contribution in [0.25, 0.3) is 40.0 Å². The van der Waals surface area contributed by atoms with Crippen molar-refractivity contribution in [2.75, 3.05) is 26.3 Å². The molecule has 0 amide bonds. The maximum absolute atomic E-state index is 5.81. The fourth-order valence-electron chi connectivity index (χ4n) is 3.48. The highest BCUT2D eigenvalue weighted by molar-refractivity contribution is 5.68. The maximum Gasteiger partial charge on any atom is 0.268 e. The Bertz CT molecular complexity index is 1180. The van der Waals surface area contributed by atoms with Gasteiger partial charge >= 0.3 is 0 Å². The second kappa shape index (κ2) is 8.49. The van der Waals surface area contributed by atoms with E-state index < -0.39 is 0 Å². The van der Waals surface area contributed by atoms with E-state index in [0.717, 1.165) is 54.4 Å². The van der Waals surface area contributed by atoms with Gasteiger partial charge in [0.25, 0.3) is 5.89 Å². The van der Waals surface area contributed by atoms with Crippen LogP contribution in [0.3, 0.4) is 0 Å². The van der Waals surface area contributed by atoms with E-state index in [2.05, 4.69) is 43.8 Å². The first-order valence-electron chi connectivity index (χ1n) is 10.1. The molecule has 1 aliphatic heterocycles. The van der Waals surface area contributed by atoms with E-state index in [-0.39, 0.29) is 0 Å². The number of morpholine rings is 1. The lowest BCUT2D eigenvalue weighted by Crippen LogP contribution is -2.34. The average Bonchev–Trinajstić information content (AvgIpc) is 3.35. The van der Waals surface area contributed by atoms with Gasteiger partial charge in [-0.3, -0.25) is 4.98 Å². The SMILES string of the molecule is C=C(c1ccc(-c2cncc(-c3nnc(-c4ccccc4)o3)n2)cc1)N1CCOCC1. The van der Waals surface area contributed by atoms with Crippen LogP contribution in [-0.4, -0.2) is 51.4 Å². The molecule has 0 saturated carbocycles. The van der Waals surface area contributed by atoms with Gasteiger partial charge < -0.3 is 14.1 Å². The molecule has 2 aromatic heterocycles. The van der Waals surface area contributed by atoms with Crippen molar-refractivity contribution < 1.29 is 9.15 Å². The molecular weight excluding hydrogens is 390 g/mol. The Morgan fingerprint density at radius 3 is 2.29 bits per heavy atom. The van der Waals surface area contributed by atoms with Gasteiger partial charge in [0.2, 0.25) is 5.89 Å². The zero-order valence-corrected chi connectivity index (χ0v) is 16.9. The second-order valence-corrected chi connectivity index (χ2v) is 7.19. The molecule has 2 aromatic carbocycles. The van der Waals surface area contributed by atoms with Gasteiger partial charge in [0, 0.05) is 29.9 Å². The minimum absolute atomic E-state index is 0.338. The van der Waals surface area contributed by atoms with Gasteiger partial charge in [0.1, 0.15) is 5.69 Å². The molecule has 154 valence electrons. The summed E-state index contributed by atoms with van der Waals surface area (Å²) in [7, 11) is 0. The molecule has 1 saturated heterocycles. The second-order valence-electron chi connectivity index (χ2n) is 7.19. The highest BCUT2D eigenvalue weighted by atomic mass is 16.5. The first-order chi connectivity index (χ1) is 15.3. The number of rotatable bonds is 5. The topological polar surface area (TPSA) is 77.2 Å². The van der Waals surface area contributed by atoms with E-state index in [0.29, 0.717) is 17.5 Å². The van der Waals surface area contributed by atoms with E-state index in [9.17, 15) is 0 Å². The van der Waals surface area contributed by atoms with Gasteiger partial charge in [0.15, 0.2) is 0 Å². The zero-order valence-electron chi connectivity index (χ0n) is 16.9. The summed E-state index contributed by atoms with van der Waals surface area (Å²) < 4.78 is 11.2. The van der Waals surface area contributed by atoms with E-state index in [4.69, 9.17) is 9.15 Å². The molecule has 7 nitrogen and oxygen atoms in total. The molecule has 0 N–H and O–H groups in total. The number of aromatic nitrogens is 4. The van der Waals surface area contributed by atoms with E-state index in [1.54, 1.807) is 12.4 Å². The molecule has 4 aromatic rings. The quantitative estimate of drug-likeness (QED) is 0.488. The lowest BCUT2D eigenvalue weighted by molar-refractivity contribution is 0.0641. The molecule has 0 atom stereocenters. The highest BCUT2D eigenvalue weighted by Crippen LogP contribution is 2.26. The lowest BCUT2D eigenvalue weighted by atomic mass is 10.1. The third kappa shape index (κ3) is 4.08. The molecule has 1 fully saturated rings. The summed E-state index contributed by atoms with van der Waals surface area (Å²) in [5.41, 5.74) is 5.18. The van der Waals surface area contributed by atoms with E-state index in [1.807, 2.05) is 42.5 Å². The summed E-state index contributed by atoms with van der Waals surface area (Å²) in [6, 6.07) is 17.8. The number of hydrogen-bond acceptors (Lipinski definition) is 7. The number of nitrogens with zero attached hydrogens (tertiary/aromatic N) is 5. The number of ether oxygens (including phenoxy) is 1. The summed E-state index contributed by atoms with van der Waals surface area (Å²) in [5.74, 6) is 0.791. The predicted molar refractivity (Wildman–Crippen MR) is 118 cm³/mol. The largest absolute Gasteiger partial charge is 0.415 e. The average molecular weight is 411 g/mol. The standard InChI is InChI=1S/C24H21N5O2/c1-17(29-11-13-30-14-12-29)18-7-9-19(10-8-18)21-15-25-16-22(26-21)24-28-27-23(31-24)20-5-3-2-4-6-20/h2-10,15-16H,1,11-14H2. The van der Waals surface area contributed by atoms with Gasteiger partial charge in [-0.15, -0.1) is 10.2 Å². The first-order valence-corrected chi connectivity index (χ1v) is 10.1. The number of benzene rings is 2.